The summed E-state index contributed by atoms with van der Waals surface area (Å²) in [4.78, 5) is 14.2. The van der Waals surface area contributed by atoms with Gasteiger partial charge in [0.15, 0.2) is 0 Å². The molecule has 1 aromatic carbocycles. The predicted octanol–water partition coefficient (Wildman–Crippen LogP) is 1.48. The number of carbonyl (C=O) groups is 1. The molecule has 2 heterocycles. The van der Waals surface area contributed by atoms with E-state index in [1.807, 2.05) is 38.6 Å². The van der Waals surface area contributed by atoms with Gasteiger partial charge in [-0.05, 0) is 56.3 Å². The van der Waals surface area contributed by atoms with Gasteiger partial charge in [0.25, 0.3) is 0 Å². The Bertz CT molecular complexity index is 698. The third-order valence-corrected chi connectivity index (χ3v) is 4.29. The Morgan fingerprint density at radius 3 is 3.00 bits per heavy atom. The van der Waals surface area contributed by atoms with Crippen molar-refractivity contribution in [2.45, 2.75) is 18.9 Å². The van der Waals surface area contributed by atoms with E-state index in [4.69, 9.17) is 4.74 Å². The second kappa shape index (κ2) is 7.49. The highest BCUT2D eigenvalue weighted by Gasteiger charge is 2.27. The van der Waals surface area contributed by atoms with Crippen LogP contribution in [-0.4, -0.2) is 53.4 Å². The van der Waals surface area contributed by atoms with Gasteiger partial charge in [-0.2, -0.15) is 5.10 Å². The number of aromatic nitrogens is 2. The van der Waals surface area contributed by atoms with Gasteiger partial charge in [0.05, 0.1) is 18.8 Å². The van der Waals surface area contributed by atoms with Crippen molar-refractivity contribution in [3.63, 3.8) is 0 Å². The van der Waals surface area contributed by atoms with Crippen LogP contribution < -0.4 is 10.1 Å². The molecule has 3 rings (SSSR count). The molecule has 0 saturated carbocycles. The molecule has 6 heteroatoms. The van der Waals surface area contributed by atoms with Crippen LogP contribution in [0.15, 0.2) is 30.6 Å². The highest BCUT2D eigenvalue weighted by Crippen LogP contribution is 2.22. The molecular weight excluding hydrogens is 304 g/mol. The number of carbonyl (C=O) groups excluding carboxylic acids is 1. The van der Waals surface area contributed by atoms with E-state index in [0.717, 1.165) is 36.3 Å². The van der Waals surface area contributed by atoms with Crippen LogP contribution in [0.5, 0.6) is 5.75 Å². The molecule has 0 bridgehead atoms. The predicted molar refractivity (Wildman–Crippen MR) is 91.6 cm³/mol. The first-order valence-corrected chi connectivity index (χ1v) is 8.24. The number of hydrogen-bond acceptors (Lipinski definition) is 4. The molecule has 1 amide bonds. The van der Waals surface area contributed by atoms with E-state index in [1.54, 1.807) is 10.7 Å². The Balaban J connectivity index is 1.48. The summed E-state index contributed by atoms with van der Waals surface area (Å²) in [5.74, 6) is 0.831. The monoisotopic (exact) mass is 327 g/mol. The van der Waals surface area contributed by atoms with Crippen molar-refractivity contribution in [2.24, 2.45) is 7.05 Å². The first kappa shape index (κ1) is 16.5. The zero-order valence-electron chi connectivity index (χ0n) is 14.2. The lowest BCUT2D eigenvalue weighted by atomic mass is 10.1. The molecule has 1 atom stereocenters. The molecule has 0 unspecified atom stereocenters. The fraction of sp³-hybridized carbons (Fsp3) is 0.444. The number of aryl methyl sites for hydroxylation is 1. The van der Waals surface area contributed by atoms with Gasteiger partial charge in [0.1, 0.15) is 12.4 Å². The minimum Gasteiger partial charge on any atom is -0.492 e. The Hall–Kier alpha value is -2.34. The van der Waals surface area contributed by atoms with Crippen LogP contribution >= 0.6 is 0 Å². The van der Waals surface area contributed by atoms with Crippen LogP contribution in [0.4, 0.5) is 0 Å². The molecule has 6 nitrogen and oxygen atoms in total. The lowest BCUT2D eigenvalue weighted by molar-refractivity contribution is -0.125. The van der Waals surface area contributed by atoms with E-state index in [-0.39, 0.29) is 11.9 Å². The first-order valence-electron chi connectivity index (χ1n) is 8.24. The quantitative estimate of drug-likeness (QED) is 0.817. The maximum Gasteiger partial charge on any atom is 0.237 e. The highest BCUT2D eigenvalue weighted by molar-refractivity contribution is 5.81. The van der Waals surface area contributed by atoms with Crippen LogP contribution in [0.2, 0.25) is 0 Å². The largest absolute Gasteiger partial charge is 0.492 e. The number of nitrogens with zero attached hydrogens (tertiary/aromatic N) is 3. The normalized spacial score (nSPS) is 17.8. The van der Waals surface area contributed by atoms with Gasteiger partial charge in [0, 0.05) is 18.8 Å². The van der Waals surface area contributed by atoms with Crippen molar-refractivity contribution in [3.05, 3.63) is 36.7 Å². The van der Waals surface area contributed by atoms with Gasteiger partial charge >= 0.3 is 0 Å². The van der Waals surface area contributed by atoms with E-state index in [9.17, 15) is 4.79 Å². The Labute approximate surface area is 142 Å². The van der Waals surface area contributed by atoms with Crippen molar-refractivity contribution in [1.29, 1.82) is 0 Å². The third kappa shape index (κ3) is 3.94. The molecule has 1 aliphatic heterocycles. The van der Waals surface area contributed by atoms with Crippen LogP contribution in [0, 0.1) is 6.07 Å². The Kier molecular flexibility index (Phi) is 5.15. The molecule has 1 aromatic heterocycles. The minimum atomic E-state index is 0.00671. The number of rotatable bonds is 6. The van der Waals surface area contributed by atoms with Crippen LogP contribution in [0.3, 0.4) is 0 Å². The lowest BCUT2D eigenvalue weighted by Crippen LogP contribution is -2.42. The third-order valence-electron chi connectivity index (χ3n) is 4.29. The molecule has 1 fully saturated rings. The maximum atomic E-state index is 12.1. The van der Waals surface area contributed by atoms with Gasteiger partial charge in [0.2, 0.25) is 5.91 Å². The Morgan fingerprint density at radius 1 is 1.42 bits per heavy atom. The summed E-state index contributed by atoms with van der Waals surface area (Å²) >= 11 is 0. The van der Waals surface area contributed by atoms with Gasteiger partial charge in [-0.25, -0.2) is 0 Å². The molecule has 1 radical (unpaired) electrons. The average molecular weight is 327 g/mol. The van der Waals surface area contributed by atoms with Gasteiger partial charge < -0.3 is 10.1 Å². The Morgan fingerprint density at radius 2 is 2.29 bits per heavy atom. The van der Waals surface area contributed by atoms with Crippen molar-refractivity contribution < 1.29 is 9.53 Å². The standard InChI is InChI=1S/C18H23N4O2/c1-21-9-4-7-17(21)18(23)19-8-10-24-16-6-3-5-14(11-16)15-12-20-22(2)13-15/h5-6,11-13,17H,4,7-10H2,1-2H3,(H,19,23)/t17-/m0/s1. The van der Waals surface area contributed by atoms with Crippen LogP contribution in [0.1, 0.15) is 12.8 Å². The summed E-state index contributed by atoms with van der Waals surface area (Å²) < 4.78 is 7.49. The SMILES string of the molecule is CN1CCC[C@H]1C(=O)NCCOc1c[c]cc(-c2cnn(C)c2)c1. The number of nitrogens with one attached hydrogen (secondary N) is 1. The molecule has 0 spiro atoms. The number of likely N-dealkylation sites (N-methyl/N-ethyl adjacent to an activating group) is 1. The number of ether oxygens (including phenoxy) is 1. The smallest absolute Gasteiger partial charge is 0.237 e. The zero-order chi connectivity index (χ0) is 16.9. The van der Waals surface area contributed by atoms with E-state index in [2.05, 4.69) is 21.4 Å². The summed E-state index contributed by atoms with van der Waals surface area (Å²) in [6.07, 6.45) is 5.78. The molecule has 1 saturated heterocycles. The summed E-state index contributed by atoms with van der Waals surface area (Å²) in [7, 11) is 3.88. The van der Waals surface area contributed by atoms with Gasteiger partial charge in [-0.1, -0.05) is 0 Å². The second-order valence-corrected chi connectivity index (χ2v) is 6.14. The highest BCUT2D eigenvalue weighted by atomic mass is 16.5. The van der Waals surface area contributed by atoms with E-state index >= 15 is 0 Å². The second-order valence-electron chi connectivity index (χ2n) is 6.14. The fourth-order valence-corrected chi connectivity index (χ4v) is 2.97. The average Bonchev–Trinajstić information content (AvgIpc) is 3.20. The van der Waals surface area contributed by atoms with E-state index < -0.39 is 0 Å². The number of hydrogen-bond donors (Lipinski definition) is 1. The van der Waals surface area contributed by atoms with E-state index in [1.165, 1.54) is 0 Å². The van der Waals surface area contributed by atoms with Gasteiger partial charge in [-0.15, -0.1) is 0 Å². The fourth-order valence-electron chi connectivity index (χ4n) is 2.97. The van der Waals surface area contributed by atoms with E-state index in [0.29, 0.717) is 13.2 Å². The molecule has 0 aliphatic carbocycles. The molecule has 127 valence electrons. The van der Waals surface area contributed by atoms with Gasteiger partial charge in [-0.3, -0.25) is 14.4 Å². The summed E-state index contributed by atoms with van der Waals surface area (Å²) in [5, 5.41) is 7.12. The van der Waals surface area contributed by atoms with Crippen molar-refractivity contribution in [2.75, 3.05) is 26.7 Å². The molecule has 24 heavy (non-hydrogen) atoms. The number of amides is 1. The van der Waals surface area contributed by atoms with Crippen molar-refractivity contribution >= 4 is 5.91 Å². The van der Waals surface area contributed by atoms with Crippen molar-refractivity contribution in [1.82, 2.24) is 20.0 Å². The number of benzene rings is 1. The first-order chi connectivity index (χ1) is 11.6. The molecule has 1 N–H and O–H groups in total. The van der Waals surface area contributed by atoms with Crippen LogP contribution in [0.25, 0.3) is 11.1 Å². The number of likely N-dealkylation sites (tertiary alicyclic amines) is 1. The molecular formula is C18H23N4O2. The lowest BCUT2D eigenvalue weighted by Gasteiger charge is -2.18. The summed E-state index contributed by atoms with van der Waals surface area (Å²) in [5.41, 5.74) is 2.04. The minimum absolute atomic E-state index is 0.00671. The summed E-state index contributed by atoms with van der Waals surface area (Å²) in [6.45, 7) is 1.93. The summed E-state index contributed by atoms with van der Waals surface area (Å²) in [6, 6.07) is 8.75. The van der Waals surface area contributed by atoms with Crippen molar-refractivity contribution in [3.8, 4) is 16.9 Å². The topological polar surface area (TPSA) is 59.4 Å². The molecule has 2 aromatic rings. The molecule has 1 aliphatic rings. The zero-order valence-corrected chi connectivity index (χ0v) is 14.2. The van der Waals surface area contributed by atoms with Crippen LogP contribution in [-0.2, 0) is 11.8 Å². The maximum absolute atomic E-state index is 12.1.